The molecule has 0 unspecified atom stereocenters. The van der Waals surface area contributed by atoms with Gasteiger partial charge in [0.05, 0.1) is 5.69 Å². The van der Waals surface area contributed by atoms with E-state index in [0.717, 1.165) is 46.5 Å². The normalized spacial score (nSPS) is 14.0. The summed E-state index contributed by atoms with van der Waals surface area (Å²) in [5.41, 5.74) is 2.72. The lowest BCUT2D eigenvalue weighted by Gasteiger charge is -2.35. The molecule has 5 nitrogen and oxygen atoms in total. The fraction of sp³-hybridized carbons (Fsp3) is 0.138. The maximum atomic E-state index is 13.2. The number of hydrogen-bond acceptors (Lipinski definition) is 4. The van der Waals surface area contributed by atoms with Gasteiger partial charge in [-0.25, -0.2) is 0 Å². The van der Waals surface area contributed by atoms with Gasteiger partial charge in [0, 0.05) is 37.3 Å². The van der Waals surface area contributed by atoms with Gasteiger partial charge in [-0.3, -0.25) is 4.79 Å². The molecule has 0 atom stereocenters. The molecule has 0 N–H and O–H groups in total. The first kappa shape index (κ1) is 20.4. The summed E-state index contributed by atoms with van der Waals surface area (Å²) in [5, 5.41) is 13.5. The van der Waals surface area contributed by atoms with Gasteiger partial charge < -0.3 is 9.80 Å². The van der Waals surface area contributed by atoms with E-state index in [0.29, 0.717) is 13.1 Å². The first-order valence-corrected chi connectivity index (χ1v) is 11.6. The van der Waals surface area contributed by atoms with Crippen LogP contribution in [0.2, 0.25) is 0 Å². The molecular formula is C29H24N4O. The lowest BCUT2D eigenvalue weighted by molar-refractivity contribution is 0.0748. The smallest absolute Gasteiger partial charge is 0.254 e. The maximum absolute atomic E-state index is 13.2. The van der Waals surface area contributed by atoms with Crippen molar-refractivity contribution >= 4 is 33.3 Å². The third-order valence-electron chi connectivity index (χ3n) is 6.63. The van der Waals surface area contributed by atoms with Crippen molar-refractivity contribution in [1.29, 1.82) is 0 Å². The molecule has 166 valence electrons. The van der Waals surface area contributed by atoms with E-state index in [1.54, 1.807) is 0 Å². The summed E-state index contributed by atoms with van der Waals surface area (Å²) in [7, 11) is 0. The Morgan fingerprint density at radius 2 is 1.26 bits per heavy atom. The second kappa shape index (κ2) is 8.60. The highest BCUT2D eigenvalue weighted by molar-refractivity contribution is 6.07. The van der Waals surface area contributed by atoms with Crippen LogP contribution in [-0.4, -0.2) is 47.2 Å². The molecule has 2 heterocycles. The molecule has 1 aliphatic heterocycles. The minimum atomic E-state index is 0.0915. The Balaban J connectivity index is 1.17. The molecule has 0 bridgehead atoms. The quantitative estimate of drug-likeness (QED) is 0.373. The Labute approximate surface area is 198 Å². The highest BCUT2D eigenvalue weighted by Crippen LogP contribution is 2.28. The molecule has 34 heavy (non-hydrogen) atoms. The van der Waals surface area contributed by atoms with Gasteiger partial charge in [0.25, 0.3) is 5.91 Å². The summed E-state index contributed by atoms with van der Waals surface area (Å²) in [6, 6.07) is 32.6. The van der Waals surface area contributed by atoms with Crippen LogP contribution in [0.15, 0.2) is 97.1 Å². The summed E-state index contributed by atoms with van der Waals surface area (Å²) in [6.45, 7) is 2.79. The van der Waals surface area contributed by atoms with Gasteiger partial charge in [-0.2, -0.15) is 0 Å². The lowest BCUT2D eigenvalue weighted by Crippen LogP contribution is -2.49. The lowest BCUT2D eigenvalue weighted by atomic mass is 10.0. The van der Waals surface area contributed by atoms with Gasteiger partial charge in [0.2, 0.25) is 0 Å². The van der Waals surface area contributed by atoms with Crippen LogP contribution in [0.25, 0.3) is 32.8 Å². The van der Waals surface area contributed by atoms with Gasteiger partial charge in [-0.05, 0) is 39.7 Å². The number of carbonyl (C=O) groups excluding carboxylic acids is 1. The predicted molar refractivity (Wildman–Crippen MR) is 137 cm³/mol. The van der Waals surface area contributed by atoms with Crippen LogP contribution in [0.1, 0.15) is 10.4 Å². The van der Waals surface area contributed by atoms with Crippen molar-refractivity contribution in [3.05, 3.63) is 103 Å². The number of carbonyl (C=O) groups is 1. The van der Waals surface area contributed by atoms with Crippen molar-refractivity contribution < 1.29 is 4.79 Å². The third-order valence-corrected chi connectivity index (χ3v) is 6.63. The number of amides is 1. The molecule has 6 rings (SSSR count). The fourth-order valence-electron chi connectivity index (χ4n) is 4.81. The van der Waals surface area contributed by atoms with Crippen molar-refractivity contribution in [2.45, 2.75) is 0 Å². The van der Waals surface area contributed by atoms with Crippen LogP contribution in [0.4, 0.5) is 5.82 Å². The SMILES string of the molecule is O=C(c1cccc2ccccc12)N1CCN(c2ccc(-c3cccc4ccccc34)nn2)CC1. The van der Waals surface area contributed by atoms with E-state index in [1.165, 1.54) is 10.8 Å². The van der Waals surface area contributed by atoms with E-state index >= 15 is 0 Å². The molecule has 0 saturated carbocycles. The van der Waals surface area contributed by atoms with E-state index in [1.807, 2.05) is 71.6 Å². The maximum Gasteiger partial charge on any atom is 0.254 e. The Morgan fingerprint density at radius 3 is 2.00 bits per heavy atom. The molecule has 1 aromatic heterocycles. The summed E-state index contributed by atoms with van der Waals surface area (Å²) < 4.78 is 0. The van der Waals surface area contributed by atoms with E-state index in [2.05, 4.69) is 45.4 Å². The summed E-state index contributed by atoms with van der Waals surface area (Å²) >= 11 is 0. The number of anilines is 1. The predicted octanol–water partition coefficient (Wildman–Crippen LogP) is 5.41. The number of benzene rings is 4. The fourth-order valence-corrected chi connectivity index (χ4v) is 4.81. The molecule has 1 saturated heterocycles. The first-order chi connectivity index (χ1) is 16.8. The summed E-state index contributed by atoms with van der Waals surface area (Å²) in [6.07, 6.45) is 0. The Kier molecular flexibility index (Phi) is 5.15. The zero-order chi connectivity index (χ0) is 22.9. The van der Waals surface area contributed by atoms with Crippen molar-refractivity contribution in [2.75, 3.05) is 31.1 Å². The molecule has 0 radical (unpaired) electrons. The van der Waals surface area contributed by atoms with Gasteiger partial charge in [0.15, 0.2) is 5.82 Å². The van der Waals surface area contributed by atoms with Crippen molar-refractivity contribution in [2.24, 2.45) is 0 Å². The van der Waals surface area contributed by atoms with Crippen LogP contribution in [0.3, 0.4) is 0 Å². The Bertz CT molecular complexity index is 1480. The molecule has 5 aromatic rings. The van der Waals surface area contributed by atoms with Crippen LogP contribution in [0.5, 0.6) is 0 Å². The number of piperazine rings is 1. The van der Waals surface area contributed by atoms with E-state index in [-0.39, 0.29) is 5.91 Å². The highest BCUT2D eigenvalue weighted by atomic mass is 16.2. The molecule has 1 aliphatic rings. The zero-order valence-corrected chi connectivity index (χ0v) is 18.8. The van der Waals surface area contributed by atoms with Crippen LogP contribution in [-0.2, 0) is 0 Å². The van der Waals surface area contributed by atoms with Gasteiger partial charge in [0.1, 0.15) is 0 Å². The highest BCUT2D eigenvalue weighted by Gasteiger charge is 2.24. The summed E-state index contributed by atoms with van der Waals surface area (Å²) in [4.78, 5) is 17.4. The molecule has 5 heteroatoms. The number of hydrogen-bond donors (Lipinski definition) is 0. The average Bonchev–Trinajstić information content (AvgIpc) is 2.92. The molecular weight excluding hydrogens is 420 g/mol. The second-order valence-corrected chi connectivity index (χ2v) is 8.61. The van der Waals surface area contributed by atoms with Crippen molar-refractivity contribution in [3.8, 4) is 11.3 Å². The van der Waals surface area contributed by atoms with Crippen LogP contribution in [0, 0.1) is 0 Å². The third kappa shape index (κ3) is 3.65. The molecule has 4 aromatic carbocycles. The second-order valence-electron chi connectivity index (χ2n) is 8.61. The molecule has 1 amide bonds. The van der Waals surface area contributed by atoms with E-state index in [9.17, 15) is 4.79 Å². The first-order valence-electron chi connectivity index (χ1n) is 11.6. The van der Waals surface area contributed by atoms with Crippen LogP contribution < -0.4 is 4.90 Å². The standard InChI is InChI=1S/C29H24N4O/c34-29(26-14-6-10-22-8-2-4-12-24(22)26)33-19-17-32(18-20-33)28-16-15-27(30-31-28)25-13-5-9-21-7-1-3-11-23(21)25/h1-16H,17-20H2. The van der Waals surface area contributed by atoms with Crippen LogP contribution >= 0.6 is 0 Å². The topological polar surface area (TPSA) is 49.3 Å². The van der Waals surface area contributed by atoms with Gasteiger partial charge >= 0.3 is 0 Å². The number of nitrogens with zero attached hydrogens (tertiary/aromatic N) is 4. The number of rotatable bonds is 3. The largest absolute Gasteiger partial charge is 0.352 e. The minimum Gasteiger partial charge on any atom is -0.352 e. The van der Waals surface area contributed by atoms with E-state index in [4.69, 9.17) is 0 Å². The Morgan fingerprint density at radius 1 is 0.618 bits per heavy atom. The minimum absolute atomic E-state index is 0.0915. The van der Waals surface area contributed by atoms with Gasteiger partial charge in [-0.15, -0.1) is 10.2 Å². The average molecular weight is 445 g/mol. The summed E-state index contributed by atoms with van der Waals surface area (Å²) in [5.74, 6) is 0.940. The number of fused-ring (bicyclic) bond motifs is 2. The van der Waals surface area contributed by atoms with Gasteiger partial charge in [-0.1, -0.05) is 78.9 Å². The van der Waals surface area contributed by atoms with Crippen molar-refractivity contribution in [3.63, 3.8) is 0 Å². The number of aromatic nitrogens is 2. The monoisotopic (exact) mass is 444 g/mol. The molecule has 0 aliphatic carbocycles. The van der Waals surface area contributed by atoms with E-state index < -0.39 is 0 Å². The zero-order valence-electron chi connectivity index (χ0n) is 18.8. The van der Waals surface area contributed by atoms with Crippen molar-refractivity contribution in [1.82, 2.24) is 15.1 Å². The molecule has 0 spiro atoms. The Hall–Kier alpha value is -4.25. The molecule has 1 fully saturated rings.